The summed E-state index contributed by atoms with van der Waals surface area (Å²) >= 11 is 0. The molecule has 0 unspecified atom stereocenters. The molecule has 0 aliphatic carbocycles. The number of nitrogens with zero attached hydrogens (tertiary/aromatic N) is 10. The molecule has 0 saturated heterocycles. The smallest absolute Gasteiger partial charge is 0.165 e. The van der Waals surface area contributed by atoms with E-state index in [4.69, 9.17) is 29.9 Å². The Morgan fingerprint density at radius 3 is 1.04 bits per heavy atom. The normalized spacial score (nSPS) is 11.8. The van der Waals surface area contributed by atoms with E-state index in [1.807, 2.05) is 48.7 Å². The number of hydrogen-bond donors (Lipinski definition) is 0. The predicted octanol–water partition coefficient (Wildman–Crippen LogP) is 25.4. The lowest BCUT2D eigenvalue weighted by atomic mass is 10.0. The first kappa shape index (κ1) is 64.0. The molecule has 0 atom stereocenters. The molecule has 522 valence electrons. The first-order chi connectivity index (χ1) is 55.5. The van der Waals surface area contributed by atoms with Crippen LogP contribution < -0.4 is 0 Å². The topological polar surface area (TPSA) is 97.1 Å². The molecule has 0 radical (unpaired) electrons. The Morgan fingerprint density at radius 2 is 0.500 bits per heavy atom. The molecule has 0 spiro atoms. The van der Waals surface area contributed by atoms with E-state index in [1.165, 1.54) is 43.4 Å². The van der Waals surface area contributed by atoms with Crippen molar-refractivity contribution in [2.75, 3.05) is 0 Å². The van der Waals surface area contributed by atoms with Crippen LogP contribution in [0.4, 0.5) is 0 Å². The predicted molar refractivity (Wildman–Crippen MR) is 459 cm³/mol. The molecule has 7 heterocycles. The van der Waals surface area contributed by atoms with Gasteiger partial charge in [0.05, 0.1) is 55.5 Å². The monoisotopic (exact) mass is 1430 g/mol. The number of aromatic nitrogens is 10. The zero-order chi connectivity index (χ0) is 73.7. The molecule has 0 fully saturated rings. The fourth-order valence-electron chi connectivity index (χ4n) is 16.8. The maximum atomic E-state index is 5.25. The number of benzene rings is 15. The largest absolute Gasteiger partial charge is 0.309 e. The summed E-state index contributed by atoms with van der Waals surface area (Å²) in [5.41, 5.74) is 26.2. The van der Waals surface area contributed by atoms with Crippen LogP contribution in [0.3, 0.4) is 0 Å². The van der Waals surface area contributed by atoms with E-state index in [1.54, 1.807) is 0 Å². The van der Waals surface area contributed by atoms with Gasteiger partial charge in [-0.25, -0.2) is 29.9 Å². The molecule has 22 aromatic rings. The second-order valence-electron chi connectivity index (χ2n) is 28.6. The van der Waals surface area contributed by atoms with Crippen LogP contribution in [0.15, 0.2) is 388 Å². The molecule has 0 amide bonds. The number of para-hydroxylation sites is 5. The minimum atomic E-state index is 0.532. The van der Waals surface area contributed by atoms with Crippen LogP contribution >= 0.6 is 0 Å². The van der Waals surface area contributed by atoms with Crippen LogP contribution in [0.25, 0.3) is 212 Å². The third kappa shape index (κ3) is 10.9. The average molecular weight is 1430 g/mol. The van der Waals surface area contributed by atoms with E-state index >= 15 is 0 Å². The molecule has 112 heavy (non-hydrogen) atoms. The van der Waals surface area contributed by atoms with Crippen LogP contribution in [0.1, 0.15) is 0 Å². The Balaban J connectivity index is 0.573. The zero-order valence-corrected chi connectivity index (χ0v) is 60.4. The molecule has 15 aromatic carbocycles. The maximum Gasteiger partial charge on any atom is 0.165 e. The van der Waals surface area contributed by atoms with Gasteiger partial charge in [0.1, 0.15) is 5.82 Å². The first-order valence-corrected chi connectivity index (χ1v) is 37.8. The summed E-state index contributed by atoms with van der Waals surface area (Å²) in [5, 5.41) is 9.49. The molecule has 0 saturated carbocycles. The Kier molecular flexibility index (Phi) is 15.0. The van der Waals surface area contributed by atoms with E-state index < -0.39 is 0 Å². The number of pyridine rings is 1. The van der Waals surface area contributed by atoms with E-state index in [-0.39, 0.29) is 0 Å². The summed E-state index contributed by atoms with van der Waals surface area (Å²) in [4.78, 5) is 31.2. The molecule has 10 nitrogen and oxygen atoms in total. The van der Waals surface area contributed by atoms with Crippen molar-refractivity contribution in [3.8, 4) is 124 Å². The highest BCUT2D eigenvalue weighted by atomic mass is 15.1. The van der Waals surface area contributed by atoms with Crippen molar-refractivity contribution in [2.24, 2.45) is 0 Å². The van der Waals surface area contributed by atoms with Crippen LogP contribution in [0, 0.1) is 0 Å². The highest BCUT2D eigenvalue weighted by molar-refractivity contribution is 6.15. The lowest BCUT2D eigenvalue weighted by molar-refractivity contribution is 1.05. The van der Waals surface area contributed by atoms with Gasteiger partial charge in [-0.3, -0.25) is 4.57 Å². The number of rotatable bonds is 13. The van der Waals surface area contributed by atoms with Crippen molar-refractivity contribution in [3.63, 3.8) is 0 Å². The van der Waals surface area contributed by atoms with Gasteiger partial charge in [0.15, 0.2) is 23.3 Å². The lowest BCUT2D eigenvalue weighted by Gasteiger charge is -2.12. The third-order valence-electron chi connectivity index (χ3n) is 22.1. The van der Waals surface area contributed by atoms with Crippen LogP contribution in [0.5, 0.6) is 0 Å². The van der Waals surface area contributed by atoms with Gasteiger partial charge in [-0.05, 0) is 161 Å². The Morgan fingerprint density at radius 1 is 0.161 bits per heavy atom. The first-order valence-electron chi connectivity index (χ1n) is 37.8. The van der Waals surface area contributed by atoms with Crippen molar-refractivity contribution < 1.29 is 0 Å². The summed E-state index contributed by atoms with van der Waals surface area (Å²) in [5.74, 6) is 3.14. The minimum Gasteiger partial charge on any atom is -0.309 e. The van der Waals surface area contributed by atoms with Gasteiger partial charge >= 0.3 is 0 Å². The number of fused-ring (bicyclic) bond motifs is 12. The molecule has 10 heteroatoms. The van der Waals surface area contributed by atoms with E-state index in [9.17, 15) is 0 Å². The molecule has 0 N–H and O–H groups in total. The van der Waals surface area contributed by atoms with E-state index in [0.717, 1.165) is 145 Å². The van der Waals surface area contributed by atoms with Gasteiger partial charge in [-0.1, -0.05) is 255 Å². The number of hydrogen-bond acceptors (Lipinski definition) is 6. The maximum absolute atomic E-state index is 5.25. The summed E-state index contributed by atoms with van der Waals surface area (Å²) < 4.78 is 9.40. The molecular weight excluding hydrogens is 1370 g/mol. The van der Waals surface area contributed by atoms with Crippen LogP contribution in [-0.4, -0.2) is 48.2 Å². The van der Waals surface area contributed by atoms with E-state index in [0.29, 0.717) is 23.3 Å². The molecule has 7 aromatic heterocycles. The van der Waals surface area contributed by atoms with Gasteiger partial charge in [0, 0.05) is 99.7 Å². The Labute approximate surface area is 644 Å². The molecule has 22 rings (SSSR count). The fourth-order valence-corrected chi connectivity index (χ4v) is 16.8. The zero-order valence-electron chi connectivity index (χ0n) is 60.4. The summed E-state index contributed by atoms with van der Waals surface area (Å²) in [6, 6.07) is 136. The average Bonchev–Trinajstić information content (AvgIpc) is 1.59. The van der Waals surface area contributed by atoms with Gasteiger partial charge in [0.2, 0.25) is 0 Å². The van der Waals surface area contributed by atoms with Gasteiger partial charge in [0.25, 0.3) is 0 Å². The second kappa shape index (κ2) is 26.3. The lowest BCUT2D eigenvalue weighted by Crippen LogP contribution is -2.02. The fraction of sp³-hybridized carbons (Fsp3) is 0. The molecular formula is C102H64N10. The standard InChI is InChI=1S/C102H64N10/c1-5-23-66(24-6-1)88-63-89(67-25-7-2-8-26-67)105-100(104-88)75-31-22-34-79(58-75)111-92-41-19-15-37-82(92)86-61-72(47-54-95(86)111)73-45-52-84-80-35-13-17-39-90(80)110(97(84)62-73)78-50-43-65(44-51-78)69-29-21-30-74(57-69)101-106-99(68-27-9-3-10-28-68)107-102(108-101)76-49-56-98(103-64-76)112-93-42-20-16-38-83(93)87-60-71(48-55-96(87)112)70-46-53-94-85(59-70)81-36-14-18-40-91(81)109(94)77-32-11-4-12-33-77/h1-64H. The molecule has 0 aliphatic rings. The van der Waals surface area contributed by atoms with E-state index in [2.05, 4.69) is 358 Å². The minimum absolute atomic E-state index is 0.532. The molecule has 0 bridgehead atoms. The van der Waals surface area contributed by atoms with Gasteiger partial charge in [-0.2, -0.15) is 0 Å². The Hall–Kier alpha value is -15.3. The third-order valence-corrected chi connectivity index (χ3v) is 22.1. The van der Waals surface area contributed by atoms with Crippen LogP contribution in [-0.2, 0) is 0 Å². The van der Waals surface area contributed by atoms with Crippen molar-refractivity contribution in [3.05, 3.63) is 388 Å². The SMILES string of the molecule is c1ccc(-c2cc(-c3ccccc3)nc(-c3cccc(-n4c5ccccc5c5cc(-c6ccc7c8ccccc8n(-c8ccc(-c9cccc(-c%10nc(-c%11ccccc%11)nc(-c%11ccc(-n%12c%13ccccc%13c%13cc(-c%14ccc%15c(c%14)c%14ccccc%14n%15-c%14ccccc%14)ccc%13%12)nc%11)n%10)c9)cc8)c7c6)ccc54)c3)n2)cc1. The quantitative estimate of drug-likeness (QED) is 0.114. The molecule has 0 aliphatic heterocycles. The van der Waals surface area contributed by atoms with Crippen molar-refractivity contribution >= 4 is 87.2 Å². The summed E-state index contributed by atoms with van der Waals surface area (Å²) in [7, 11) is 0. The Bertz CT molecular complexity index is 7410. The highest BCUT2D eigenvalue weighted by Crippen LogP contribution is 2.43. The summed E-state index contributed by atoms with van der Waals surface area (Å²) in [6.07, 6.45) is 1.89. The van der Waals surface area contributed by atoms with Crippen molar-refractivity contribution in [1.82, 2.24) is 48.2 Å². The van der Waals surface area contributed by atoms with Crippen LogP contribution in [0.2, 0.25) is 0 Å². The van der Waals surface area contributed by atoms with Gasteiger partial charge < -0.3 is 13.7 Å². The van der Waals surface area contributed by atoms with Crippen molar-refractivity contribution in [2.45, 2.75) is 0 Å². The summed E-state index contributed by atoms with van der Waals surface area (Å²) in [6.45, 7) is 0. The van der Waals surface area contributed by atoms with Crippen molar-refractivity contribution in [1.29, 1.82) is 0 Å². The second-order valence-corrected chi connectivity index (χ2v) is 28.6. The van der Waals surface area contributed by atoms with Gasteiger partial charge in [-0.15, -0.1) is 0 Å². The highest BCUT2D eigenvalue weighted by Gasteiger charge is 2.23.